The lowest BCUT2D eigenvalue weighted by molar-refractivity contribution is -0.137. The normalized spacial score (nSPS) is 11.2. The van der Waals surface area contributed by atoms with Gasteiger partial charge in [0.2, 0.25) is 5.91 Å². The zero-order valence-electron chi connectivity index (χ0n) is 14.1. The van der Waals surface area contributed by atoms with Crippen LogP contribution in [0.5, 0.6) is 0 Å². The van der Waals surface area contributed by atoms with E-state index in [0.717, 1.165) is 17.7 Å². The second-order valence-electron chi connectivity index (χ2n) is 5.95. The third-order valence-electron chi connectivity index (χ3n) is 3.93. The van der Waals surface area contributed by atoms with Crippen molar-refractivity contribution in [2.24, 2.45) is 0 Å². The molecule has 0 radical (unpaired) electrons. The first kappa shape index (κ1) is 19.5. The summed E-state index contributed by atoms with van der Waals surface area (Å²) in [5, 5.41) is 8.85. The molecule has 0 bridgehead atoms. The number of carboxylic acids is 1. The topological polar surface area (TPSA) is 57.6 Å². The zero-order chi connectivity index (χ0) is 19.3. The first-order valence-electron chi connectivity index (χ1n) is 7.89. The Kier molecular flexibility index (Phi) is 6.02. The van der Waals surface area contributed by atoms with Gasteiger partial charge < -0.3 is 10.0 Å². The van der Waals surface area contributed by atoms with Gasteiger partial charge in [-0.25, -0.2) is 4.79 Å². The maximum Gasteiger partial charge on any atom is 0.416 e. The fraction of sp³-hybridized carbons (Fsp3) is 0.263. The van der Waals surface area contributed by atoms with Crippen LogP contribution in [0.2, 0.25) is 0 Å². The molecule has 0 unspecified atom stereocenters. The summed E-state index contributed by atoms with van der Waals surface area (Å²) in [7, 11) is 1.54. The smallest absolute Gasteiger partial charge is 0.416 e. The van der Waals surface area contributed by atoms with Crippen LogP contribution in [0.4, 0.5) is 13.2 Å². The Bertz CT molecular complexity index is 785. The molecule has 1 amide bonds. The molecule has 0 saturated heterocycles. The lowest BCUT2D eigenvalue weighted by Gasteiger charge is -2.18. The van der Waals surface area contributed by atoms with E-state index in [1.807, 2.05) is 0 Å². The summed E-state index contributed by atoms with van der Waals surface area (Å²) in [6, 6.07) is 11.1. The van der Waals surface area contributed by atoms with Crippen molar-refractivity contribution in [2.45, 2.75) is 25.6 Å². The molecule has 7 heteroatoms. The maximum absolute atomic E-state index is 12.7. The predicted octanol–water partition coefficient (Wildman–Crippen LogP) is 3.99. The monoisotopic (exact) mass is 365 g/mol. The second-order valence-corrected chi connectivity index (χ2v) is 5.95. The summed E-state index contributed by atoms with van der Waals surface area (Å²) in [5.41, 5.74) is 0.647. The number of carbonyl (C=O) groups is 2. The van der Waals surface area contributed by atoms with Crippen LogP contribution in [0.15, 0.2) is 48.5 Å². The number of alkyl halides is 3. The third kappa shape index (κ3) is 5.34. The number of hydrogen-bond acceptors (Lipinski definition) is 2. The van der Waals surface area contributed by atoms with E-state index >= 15 is 0 Å². The maximum atomic E-state index is 12.7. The predicted molar refractivity (Wildman–Crippen MR) is 89.6 cm³/mol. The van der Waals surface area contributed by atoms with Gasteiger partial charge in [0.25, 0.3) is 0 Å². The van der Waals surface area contributed by atoms with Crippen molar-refractivity contribution in [3.63, 3.8) is 0 Å². The first-order chi connectivity index (χ1) is 12.2. The molecule has 2 aromatic rings. The number of aromatic carboxylic acids is 1. The number of rotatable bonds is 6. The van der Waals surface area contributed by atoms with E-state index in [1.54, 1.807) is 18.2 Å². The summed E-state index contributed by atoms with van der Waals surface area (Å²) < 4.78 is 38.2. The fourth-order valence-corrected chi connectivity index (χ4v) is 2.46. The number of hydrogen-bond donors (Lipinski definition) is 1. The first-order valence-corrected chi connectivity index (χ1v) is 7.89. The highest BCUT2D eigenvalue weighted by Crippen LogP contribution is 2.29. The summed E-state index contributed by atoms with van der Waals surface area (Å²) >= 11 is 0. The molecule has 0 heterocycles. The van der Waals surface area contributed by atoms with Crippen LogP contribution in [0.1, 0.15) is 33.5 Å². The van der Waals surface area contributed by atoms with Crippen LogP contribution < -0.4 is 0 Å². The van der Waals surface area contributed by atoms with Crippen molar-refractivity contribution in [3.8, 4) is 0 Å². The van der Waals surface area contributed by atoms with E-state index in [0.29, 0.717) is 12.0 Å². The molecule has 0 aliphatic heterocycles. The van der Waals surface area contributed by atoms with Crippen molar-refractivity contribution in [1.82, 2.24) is 4.90 Å². The second kappa shape index (κ2) is 8.03. The molecule has 2 rings (SSSR count). The van der Waals surface area contributed by atoms with Gasteiger partial charge in [-0.3, -0.25) is 4.79 Å². The summed E-state index contributed by atoms with van der Waals surface area (Å²) in [5.74, 6) is -1.22. The average molecular weight is 365 g/mol. The quantitative estimate of drug-likeness (QED) is 0.842. The molecule has 138 valence electrons. The molecule has 0 spiro atoms. The van der Waals surface area contributed by atoms with Crippen molar-refractivity contribution in [2.75, 3.05) is 7.05 Å². The van der Waals surface area contributed by atoms with Gasteiger partial charge in [0.1, 0.15) is 0 Å². The molecule has 0 aromatic heterocycles. The Morgan fingerprint density at radius 3 is 2.27 bits per heavy atom. The number of amides is 1. The van der Waals surface area contributed by atoms with Crippen molar-refractivity contribution in [1.29, 1.82) is 0 Å². The van der Waals surface area contributed by atoms with Crippen LogP contribution in [-0.4, -0.2) is 28.9 Å². The third-order valence-corrected chi connectivity index (χ3v) is 3.93. The molecule has 2 aromatic carbocycles. The van der Waals surface area contributed by atoms with Gasteiger partial charge >= 0.3 is 12.1 Å². The lowest BCUT2D eigenvalue weighted by Crippen LogP contribution is -2.26. The van der Waals surface area contributed by atoms with E-state index < -0.39 is 17.7 Å². The molecule has 0 aliphatic carbocycles. The molecule has 0 aliphatic rings. The van der Waals surface area contributed by atoms with Gasteiger partial charge in [-0.05, 0) is 41.8 Å². The van der Waals surface area contributed by atoms with Gasteiger partial charge in [0.05, 0.1) is 11.1 Å². The lowest BCUT2D eigenvalue weighted by atomic mass is 10.1. The highest BCUT2D eigenvalue weighted by molar-refractivity contribution is 5.87. The Labute approximate surface area is 148 Å². The van der Waals surface area contributed by atoms with Gasteiger partial charge in [-0.15, -0.1) is 0 Å². The standard InChI is InChI=1S/C19H18F3NO3/c1-23(12-14-3-2-4-16(11-14)19(20,21)22)17(24)10-7-13-5-8-15(9-6-13)18(25)26/h2-6,8-9,11H,7,10,12H2,1H3,(H,25,26). The van der Waals surface area contributed by atoms with Crippen molar-refractivity contribution in [3.05, 3.63) is 70.8 Å². The van der Waals surface area contributed by atoms with E-state index in [1.165, 1.54) is 30.1 Å². The highest BCUT2D eigenvalue weighted by Gasteiger charge is 2.30. The number of benzene rings is 2. The Balaban J connectivity index is 1.92. The van der Waals surface area contributed by atoms with E-state index in [-0.39, 0.29) is 24.4 Å². The number of nitrogens with zero attached hydrogens (tertiary/aromatic N) is 1. The van der Waals surface area contributed by atoms with Crippen molar-refractivity contribution < 1.29 is 27.9 Å². The van der Waals surface area contributed by atoms with Gasteiger partial charge in [0, 0.05) is 20.0 Å². The minimum absolute atomic E-state index is 0.0840. The van der Waals surface area contributed by atoms with Gasteiger partial charge in [0.15, 0.2) is 0 Å². The van der Waals surface area contributed by atoms with Crippen LogP contribution in [-0.2, 0) is 23.9 Å². The summed E-state index contributed by atoms with van der Waals surface area (Å²) in [6.07, 6.45) is -3.81. The molecule has 4 nitrogen and oxygen atoms in total. The molecule has 1 N–H and O–H groups in total. The molecule has 0 fully saturated rings. The van der Waals surface area contributed by atoms with Crippen LogP contribution in [0, 0.1) is 0 Å². The van der Waals surface area contributed by atoms with E-state index in [9.17, 15) is 22.8 Å². The average Bonchev–Trinajstić information content (AvgIpc) is 2.59. The van der Waals surface area contributed by atoms with Gasteiger partial charge in [-0.1, -0.05) is 24.3 Å². The molecule has 0 saturated carbocycles. The summed E-state index contributed by atoms with van der Waals surface area (Å²) in [6.45, 7) is 0.0840. The van der Waals surface area contributed by atoms with E-state index in [4.69, 9.17) is 5.11 Å². The fourth-order valence-electron chi connectivity index (χ4n) is 2.46. The molecular weight excluding hydrogens is 347 g/mol. The number of halogens is 3. The van der Waals surface area contributed by atoms with Gasteiger partial charge in [-0.2, -0.15) is 13.2 Å². The molecule has 26 heavy (non-hydrogen) atoms. The summed E-state index contributed by atoms with van der Waals surface area (Å²) in [4.78, 5) is 24.4. The van der Waals surface area contributed by atoms with Crippen LogP contribution in [0.25, 0.3) is 0 Å². The number of aryl methyl sites for hydroxylation is 1. The van der Waals surface area contributed by atoms with Crippen LogP contribution in [0.3, 0.4) is 0 Å². The van der Waals surface area contributed by atoms with Crippen LogP contribution >= 0.6 is 0 Å². The Morgan fingerprint density at radius 2 is 1.69 bits per heavy atom. The largest absolute Gasteiger partial charge is 0.478 e. The Morgan fingerprint density at radius 1 is 1.04 bits per heavy atom. The SMILES string of the molecule is CN(Cc1cccc(C(F)(F)F)c1)C(=O)CCc1ccc(C(=O)O)cc1. The highest BCUT2D eigenvalue weighted by atomic mass is 19.4. The zero-order valence-corrected chi connectivity index (χ0v) is 14.1. The minimum atomic E-state index is -4.42. The molecule has 0 atom stereocenters. The number of carbonyl (C=O) groups excluding carboxylic acids is 1. The number of carboxylic acid groups (broad SMARTS) is 1. The minimum Gasteiger partial charge on any atom is -0.478 e. The molecular formula is C19H18F3NO3. The van der Waals surface area contributed by atoms with E-state index in [2.05, 4.69) is 0 Å². The Hall–Kier alpha value is -2.83. The van der Waals surface area contributed by atoms with Crippen molar-refractivity contribution >= 4 is 11.9 Å².